The van der Waals surface area contributed by atoms with E-state index in [9.17, 15) is 0 Å². The Morgan fingerprint density at radius 2 is 1.83 bits per heavy atom. The Balaban J connectivity index is 2.03. The zero-order valence-corrected chi connectivity index (χ0v) is 8.20. The molecule has 1 nitrogen and oxygen atoms in total. The third kappa shape index (κ3) is 1.46. The molecule has 0 spiro atoms. The first-order valence-electron chi connectivity index (χ1n) is 4.88. The van der Waals surface area contributed by atoms with Gasteiger partial charge in [0.1, 0.15) is 0 Å². The first kappa shape index (κ1) is 8.40. The number of fused-ring (bicyclic) bond motifs is 3. The minimum Gasteiger partial charge on any atom is -0.232 e. The normalized spacial score (nSPS) is 39.2. The fourth-order valence-corrected chi connectivity index (χ4v) is 2.84. The number of isothiocyanates is 1. The molecular weight excluding hydrogens is 166 g/mol. The number of aliphatic imine (C=N–C) groups is 1. The smallest absolute Gasteiger partial charge is 0.0585 e. The summed E-state index contributed by atoms with van der Waals surface area (Å²) >= 11 is 4.61. The van der Waals surface area contributed by atoms with Crippen molar-refractivity contribution < 1.29 is 0 Å². The molecule has 2 bridgehead atoms. The van der Waals surface area contributed by atoms with Crippen LogP contribution in [0.1, 0.15) is 38.5 Å². The molecule has 0 atom stereocenters. The molecule has 3 rings (SSSR count). The molecule has 3 fully saturated rings. The average molecular weight is 181 g/mol. The Morgan fingerprint density at radius 3 is 2.33 bits per heavy atom. The third-order valence-electron chi connectivity index (χ3n) is 3.73. The van der Waals surface area contributed by atoms with E-state index in [0.29, 0.717) is 5.41 Å². The highest BCUT2D eigenvalue weighted by Gasteiger charge is 2.39. The van der Waals surface area contributed by atoms with Crippen LogP contribution in [0, 0.1) is 11.3 Å². The van der Waals surface area contributed by atoms with E-state index in [1.807, 2.05) is 0 Å². The van der Waals surface area contributed by atoms with Crippen molar-refractivity contribution in [3.05, 3.63) is 0 Å². The lowest BCUT2D eigenvalue weighted by Crippen LogP contribution is -2.36. The van der Waals surface area contributed by atoms with Crippen LogP contribution in [0.15, 0.2) is 4.99 Å². The Labute approximate surface area is 79.3 Å². The Kier molecular flexibility index (Phi) is 2.29. The van der Waals surface area contributed by atoms with Crippen LogP contribution in [0.2, 0.25) is 0 Å². The maximum Gasteiger partial charge on any atom is 0.0585 e. The van der Waals surface area contributed by atoms with E-state index in [1.165, 1.54) is 38.5 Å². The molecule has 66 valence electrons. The van der Waals surface area contributed by atoms with Crippen LogP contribution in [0.3, 0.4) is 0 Å². The Bertz CT molecular complexity index is 196. The fourth-order valence-electron chi connectivity index (χ4n) is 2.78. The van der Waals surface area contributed by atoms with Gasteiger partial charge in [-0.25, -0.2) is 4.99 Å². The predicted octanol–water partition coefficient (Wildman–Crippen LogP) is 3.06. The van der Waals surface area contributed by atoms with E-state index in [0.717, 1.165) is 12.5 Å². The van der Waals surface area contributed by atoms with Gasteiger partial charge in [-0.05, 0) is 62.1 Å². The highest BCUT2D eigenvalue weighted by Crippen LogP contribution is 2.50. The number of thiocarbonyl (C=S) groups is 1. The molecule has 0 radical (unpaired) electrons. The largest absolute Gasteiger partial charge is 0.232 e. The summed E-state index contributed by atoms with van der Waals surface area (Å²) < 4.78 is 0. The summed E-state index contributed by atoms with van der Waals surface area (Å²) in [6, 6.07) is 0. The van der Waals surface area contributed by atoms with Crippen LogP contribution in [0.25, 0.3) is 0 Å². The molecule has 0 unspecified atom stereocenters. The molecular formula is C10H15NS. The van der Waals surface area contributed by atoms with Gasteiger partial charge in [-0.2, -0.15) is 0 Å². The zero-order valence-electron chi connectivity index (χ0n) is 7.38. The summed E-state index contributed by atoms with van der Waals surface area (Å²) in [4.78, 5) is 4.13. The molecule has 0 aromatic rings. The number of rotatable bonds is 2. The highest BCUT2D eigenvalue weighted by atomic mass is 32.1. The number of nitrogens with zero attached hydrogens (tertiary/aromatic N) is 1. The van der Waals surface area contributed by atoms with Crippen molar-refractivity contribution in [1.29, 1.82) is 0 Å². The minimum absolute atomic E-state index is 0.542. The summed E-state index contributed by atoms with van der Waals surface area (Å²) in [5.41, 5.74) is 0.542. The van der Waals surface area contributed by atoms with Crippen LogP contribution in [0.5, 0.6) is 0 Å². The van der Waals surface area contributed by atoms with Gasteiger partial charge in [0.15, 0.2) is 0 Å². The van der Waals surface area contributed by atoms with E-state index < -0.39 is 0 Å². The molecule has 0 heterocycles. The van der Waals surface area contributed by atoms with E-state index in [1.54, 1.807) is 0 Å². The third-order valence-corrected chi connectivity index (χ3v) is 3.86. The first-order chi connectivity index (χ1) is 5.85. The Morgan fingerprint density at radius 1 is 1.25 bits per heavy atom. The van der Waals surface area contributed by atoms with Crippen LogP contribution in [-0.2, 0) is 0 Å². The lowest BCUT2D eigenvalue weighted by molar-refractivity contribution is 0.0740. The van der Waals surface area contributed by atoms with Gasteiger partial charge in [-0.1, -0.05) is 0 Å². The lowest BCUT2D eigenvalue weighted by atomic mass is 9.61. The number of hydrogen-bond donors (Lipinski definition) is 0. The van der Waals surface area contributed by atoms with Crippen molar-refractivity contribution in [1.82, 2.24) is 0 Å². The molecule has 3 aliphatic carbocycles. The summed E-state index contributed by atoms with van der Waals surface area (Å²) in [5.74, 6) is 1.04. The van der Waals surface area contributed by atoms with Crippen LogP contribution in [0.4, 0.5) is 0 Å². The molecule has 0 aliphatic heterocycles. The minimum atomic E-state index is 0.542. The SMILES string of the molecule is S=C=NCC12CCC(CC1)CC2. The summed E-state index contributed by atoms with van der Waals surface area (Å²) in [7, 11) is 0. The standard InChI is InChI=1S/C10H15NS/c12-8-11-7-10-4-1-9(2-5-10)3-6-10/h9H,1-7H2. The van der Waals surface area contributed by atoms with Crippen LogP contribution < -0.4 is 0 Å². The van der Waals surface area contributed by atoms with E-state index in [2.05, 4.69) is 22.4 Å². The van der Waals surface area contributed by atoms with Crippen molar-refractivity contribution in [2.45, 2.75) is 38.5 Å². The quantitative estimate of drug-likeness (QED) is 0.471. The molecule has 3 saturated carbocycles. The predicted molar refractivity (Wildman–Crippen MR) is 53.5 cm³/mol. The maximum absolute atomic E-state index is 4.61. The van der Waals surface area contributed by atoms with Gasteiger partial charge in [0.05, 0.1) is 11.7 Å². The van der Waals surface area contributed by atoms with Gasteiger partial charge in [0.2, 0.25) is 0 Å². The van der Waals surface area contributed by atoms with Gasteiger partial charge in [-0.3, -0.25) is 0 Å². The zero-order chi connectivity index (χ0) is 8.44. The number of hydrogen-bond acceptors (Lipinski definition) is 2. The fraction of sp³-hybridized carbons (Fsp3) is 0.900. The molecule has 3 aliphatic rings. The highest BCUT2D eigenvalue weighted by molar-refractivity contribution is 7.78. The Hall–Kier alpha value is -0.200. The van der Waals surface area contributed by atoms with E-state index in [4.69, 9.17) is 0 Å². The van der Waals surface area contributed by atoms with Crippen molar-refractivity contribution in [2.75, 3.05) is 6.54 Å². The van der Waals surface area contributed by atoms with Crippen LogP contribution >= 0.6 is 12.2 Å². The summed E-state index contributed by atoms with van der Waals surface area (Å²) in [6.07, 6.45) is 8.47. The first-order valence-corrected chi connectivity index (χ1v) is 5.29. The molecule has 2 heteroatoms. The maximum atomic E-state index is 4.61. The topological polar surface area (TPSA) is 12.4 Å². The lowest BCUT2D eigenvalue weighted by Gasteiger charge is -2.45. The van der Waals surface area contributed by atoms with Crippen molar-refractivity contribution >= 4 is 17.4 Å². The molecule has 0 amide bonds. The molecule has 0 N–H and O–H groups in total. The summed E-state index contributed by atoms with van der Waals surface area (Å²) in [6.45, 7) is 0.948. The van der Waals surface area contributed by atoms with E-state index in [-0.39, 0.29) is 0 Å². The van der Waals surface area contributed by atoms with Crippen molar-refractivity contribution in [2.24, 2.45) is 16.3 Å². The second-order valence-corrected chi connectivity index (χ2v) is 4.57. The van der Waals surface area contributed by atoms with Gasteiger partial charge in [-0.15, -0.1) is 0 Å². The van der Waals surface area contributed by atoms with Gasteiger partial charge in [0, 0.05) is 0 Å². The van der Waals surface area contributed by atoms with Crippen molar-refractivity contribution in [3.8, 4) is 0 Å². The van der Waals surface area contributed by atoms with E-state index >= 15 is 0 Å². The van der Waals surface area contributed by atoms with Gasteiger partial charge < -0.3 is 0 Å². The molecule has 0 aromatic heterocycles. The summed E-state index contributed by atoms with van der Waals surface area (Å²) in [5, 5.41) is 2.50. The average Bonchev–Trinajstić information content (AvgIpc) is 2.18. The van der Waals surface area contributed by atoms with Crippen molar-refractivity contribution in [3.63, 3.8) is 0 Å². The molecule has 0 aromatic carbocycles. The van der Waals surface area contributed by atoms with Crippen LogP contribution in [-0.4, -0.2) is 11.7 Å². The van der Waals surface area contributed by atoms with Gasteiger partial charge in [0.25, 0.3) is 0 Å². The molecule has 0 saturated heterocycles. The monoisotopic (exact) mass is 181 g/mol. The molecule has 12 heavy (non-hydrogen) atoms. The van der Waals surface area contributed by atoms with Gasteiger partial charge >= 0.3 is 0 Å². The second kappa shape index (κ2) is 3.27. The second-order valence-electron chi connectivity index (χ2n) is 4.39.